The second-order valence-electron chi connectivity index (χ2n) is 10.6. The minimum absolute atomic E-state index is 0.162. The quantitative estimate of drug-likeness (QED) is 0.401. The average Bonchev–Trinajstić information content (AvgIpc) is 3.33. The highest BCUT2D eigenvalue weighted by atomic mass is 16.1. The van der Waals surface area contributed by atoms with Crippen LogP contribution in [-0.2, 0) is 20.0 Å². The highest BCUT2D eigenvalue weighted by molar-refractivity contribution is 6.04. The third-order valence-electron chi connectivity index (χ3n) is 7.69. The number of hydrogen-bond acceptors (Lipinski definition) is 4. The summed E-state index contributed by atoms with van der Waals surface area (Å²) in [6.07, 6.45) is 6.40. The molecule has 2 bridgehead atoms. The van der Waals surface area contributed by atoms with Gasteiger partial charge in [0, 0.05) is 36.1 Å². The van der Waals surface area contributed by atoms with Crippen molar-refractivity contribution < 1.29 is 4.79 Å². The van der Waals surface area contributed by atoms with Gasteiger partial charge in [0.05, 0.1) is 22.9 Å². The molecule has 0 saturated heterocycles. The molecule has 1 aliphatic heterocycles. The summed E-state index contributed by atoms with van der Waals surface area (Å²) in [5.41, 5.74) is 7.71. The third-order valence-corrected chi connectivity index (χ3v) is 7.69. The van der Waals surface area contributed by atoms with Gasteiger partial charge in [-0.3, -0.25) is 19.8 Å². The molecular formula is C28H32N6O. The van der Waals surface area contributed by atoms with Crippen LogP contribution in [-0.4, -0.2) is 30.2 Å². The predicted octanol–water partition coefficient (Wildman–Crippen LogP) is 5.49. The summed E-state index contributed by atoms with van der Waals surface area (Å²) in [5.74, 6) is 2.24. The number of aromatic nitrogens is 5. The Labute approximate surface area is 205 Å². The molecule has 3 aromatic heterocycles. The number of nitrogens with zero attached hydrogens (tertiary/aromatic N) is 5. The van der Waals surface area contributed by atoms with Crippen LogP contribution in [0, 0.1) is 18.8 Å². The summed E-state index contributed by atoms with van der Waals surface area (Å²) < 4.78 is 4.19. The van der Waals surface area contributed by atoms with Crippen molar-refractivity contribution in [3.63, 3.8) is 0 Å². The van der Waals surface area contributed by atoms with Gasteiger partial charge < -0.3 is 4.57 Å². The fourth-order valence-electron chi connectivity index (χ4n) is 5.52. The number of carbonyl (C=O) groups is 1. The maximum Gasteiger partial charge on any atom is 0.258 e. The highest BCUT2D eigenvalue weighted by Gasteiger charge is 2.37. The predicted molar refractivity (Wildman–Crippen MR) is 137 cm³/mol. The van der Waals surface area contributed by atoms with Crippen LogP contribution in [0.1, 0.15) is 66.3 Å². The Morgan fingerprint density at radius 1 is 1.11 bits per heavy atom. The van der Waals surface area contributed by atoms with Crippen LogP contribution >= 0.6 is 0 Å². The van der Waals surface area contributed by atoms with Gasteiger partial charge in [0.2, 0.25) is 5.95 Å². The summed E-state index contributed by atoms with van der Waals surface area (Å²) in [6, 6.07) is 10.2. The Morgan fingerprint density at radius 3 is 2.80 bits per heavy atom. The number of carbonyl (C=O) groups excluding carboxylic acids is 1. The van der Waals surface area contributed by atoms with Gasteiger partial charge in [0.1, 0.15) is 0 Å². The van der Waals surface area contributed by atoms with Crippen LogP contribution in [0.2, 0.25) is 0 Å². The number of imidazole rings is 1. The van der Waals surface area contributed by atoms with Crippen molar-refractivity contribution in [1.82, 2.24) is 24.3 Å². The molecular weight excluding hydrogens is 436 g/mol. The first-order valence-corrected chi connectivity index (χ1v) is 12.7. The summed E-state index contributed by atoms with van der Waals surface area (Å²) >= 11 is 0. The van der Waals surface area contributed by atoms with Crippen molar-refractivity contribution >= 4 is 22.9 Å². The number of nitrogens with one attached hydrogen (secondary N) is 1. The maximum absolute atomic E-state index is 13.5. The van der Waals surface area contributed by atoms with Gasteiger partial charge in [-0.1, -0.05) is 19.9 Å². The molecule has 4 heterocycles. The van der Waals surface area contributed by atoms with E-state index in [0.29, 0.717) is 29.3 Å². The molecule has 0 unspecified atom stereocenters. The molecule has 1 saturated carbocycles. The lowest BCUT2D eigenvalue weighted by atomic mass is 10.0. The number of pyridine rings is 1. The van der Waals surface area contributed by atoms with Gasteiger partial charge in [0.25, 0.3) is 5.91 Å². The van der Waals surface area contributed by atoms with Crippen LogP contribution in [0.15, 0.2) is 36.5 Å². The molecule has 2 atom stereocenters. The number of anilines is 1. The Morgan fingerprint density at radius 2 is 1.97 bits per heavy atom. The molecule has 6 rings (SSSR count). The second kappa shape index (κ2) is 8.33. The lowest BCUT2D eigenvalue weighted by Gasteiger charge is -2.12. The molecule has 2 aliphatic rings. The summed E-state index contributed by atoms with van der Waals surface area (Å²) in [6.45, 7) is 7.23. The number of fused-ring (bicyclic) bond motifs is 8. The molecule has 4 aromatic rings. The number of amides is 1. The van der Waals surface area contributed by atoms with E-state index in [-0.39, 0.29) is 5.91 Å². The smallest absolute Gasteiger partial charge is 0.258 e. The first-order valence-electron chi connectivity index (χ1n) is 12.7. The number of rotatable bonds is 1. The summed E-state index contributed by atoms with van der Waals surface area (Å²) in [5, 5.41) is 7.65. The SMILES string of the molecule is Cc1cc2cc(n1)-c1cnn(C)c1CCC[C@@H]1C[C@H]1Cn1c(nc3ccc(C(C)C)cc31)NC2=O. The number of hydrogen-bond donors (Lipinski definition) is 1. The van der Waals surface area contributed by atoms with Gasteiger partial charge in [-0.25, -0.2) is 4.98 Å². The van der Waals surface area contributed by atoms with Crippen LogP contribution in [0.25, 0.3) is 22.3 Å². The summed E-state index contributed by atoms with van der Waals surface area (Å²) in [4.78, 5) is 23.1. The topological polar surface area (TPSA) is 77.6 Å². The van der Waals surface area contributed by atoms with E-state index in [2.05, 4.69) is 47.0 Å². The first-order chi connectivity index (χ1) is 16.9. The van der Waals surface area contributed by atoms with E-state index >= 15 is 0 Å². The second-order valence-corrected chi connectivity index (χ2v) is 10.6. The van der Waals surface area contributed by atoms with E-state index in [4.69, 9.17) is 9.97 Å². The van der Waals surface area contributed by atoms with Crippen LogP contribution in [0.3, 0.4) is 0 Å². The van der Waals surface area contributed by atoms with Gasteiger partial charge in [-0.15, -0.1) is 0 Å². The fourth-order valence-corrected chi connectivity index (χ4v) is 5.52. The Kier molecular flexibility index (Phi) is 5.24. The van der Waals surface area contributed by atoms with Crippen molar-refractivity contribution in [2.24, 2.45) is 18.9 Å². The Bertz CT molecular complexity index is 1450. The van der Waals surface area contributed by atoms with E-state index in [1.165, 1.54) is 24.1 Å². The van der Waals surface area contributed by atoms with Crippen molar-refractivity contribution in [2.45, 2.75) is 58.9 Å². The van der Waals surface area contributed by atoms with E-state index in [9.17, 15) is 4.79 Å². The van der Waals surface area contributed by atoms with E-state index in [1.807, 2.05) is 37.0 Å². The average molecular weight is 469 g/mol. The molecule has 7 nitrogen and oxygen atoms in total. The Balaban J connectivity index is 1.46. The molecule has 1 aromatic carbocycles. The monoisotopic (exact) mass is 468 g/mol. The molecule has 1 aliphatic carbocycles. The lowest BCUT2D eigenvalue weighted by molar-refractivity contribution is 0.102. The summed E-state index contributed by atoms with van der Waals surface area (Å²) in [7, 11) is 1.99. The standard InChI is InChI=1S/C28H32N6O/c1-16(2)18-8-9-23-26(13-18)34-15-21-11-19(21)6-5-7-25-22(14-29-33(25)4)24-12-20(10-17(3)30-24)27(35)32-28(34)31-23/h8-10,12-14,16,19,21H,5-7,11,15H2,1-4H3,(H,31,32,35)/t19-,21+/m1/s1. The fraction of sp³-hybridized carbons (Fsp3) is 0.429. The molecule has 1 amide bonds. The van der Waals surface area contributed by atoms with Crippen molar-refractivity contribution in [3.05, 3.63) is 59.0 Å². The zero-order chi connectivity index (χ0) is 24.3. The molecule has 180 valence electrons. The lowest BCUT2D eigenvalue weighted by Crippen LogP contribution is -2.17. The highest BCUT2D eigenvalue weighted by Crippen LogP contribution is 2.45. The Hall–Kier alpha value is -3.48. The van der Waals surface area contributed by atoms with Gasteiger partial charge in [-0.2, -0.15) is 5.10 Å². The van der Waals surface area contributed by atoms with Gasteiger partial charge >= 0.3 is 0 Å². The minimum atomic E-state index is -0.162. The van der Waals surface area contributed by atoms with E-state index in [1.54, 1.807) is 0 Å². The normalized spacial score (nSPS) is 20.0. The van der Waals surface area contributed by atoms with Gasteiger partial charge in [0.15, 0.2) is 0 Å². The molecule has 7 heteroatoms. The van der Waals surface area contributed by atoms with Crippen molar-refractivity contribution in [1.29, 1.82) is 0 Å². The molecule has 1 N–H and O–H groups in total. The van der Waals surface area contributed by atoms with Gasteiger partial charge in [-0.05, 0) is 80.2 Å². The zero-order valence-electron chi connectivity index (χ0n) is 20.9. The third kappa shape index (κ3) is 4.03. The van der Waals surface area contributed by atoms with Crippen molar-refractivity contribution in [3.8, 4) is 11.3 Å². The molecule has 0 radical (unpaired) electrons. The molecule has 35 heavy (non-hydrogen) atoms. The zero-order valence-corrected chi connectivity index (χ0v) is 20.9. The number of benzene rings is 1. The minimum Gasteiger partial charge on any atom is -0.310 e. The number of aryl methyl sites for hydroxylation is 2. The van der Waals surface area contributed by atoms with Crippen LogP contribution in [0.5, 0.6) is 0 Å². The van der Waals surface area contributed by atoms with E-state index < -0.39 is 0 Å². The van der Waals surface area contributed by atoms with Crippen LogP contribution in [0.4, 0.5) is 5.95 Å². The molecule has 0 spiro atoms. The first kappa shape index (κ1) is 22.0. The largest absolute Gasteiger partial charge is 0.310 e. The van der Waals surface area contributed by atoms with Crippen LogP contribution < -0.4 is 5.32 Å². The maximum atomic E-state index is 13.5. The van der Waals surface area contributed by atoms with E-state index in [0.717, 1.165) is 47.4 Å². The van der Waals surface area contributed by atoms with Crippen molar-refractivity contribution in [2.75, 3.05) is 5.32 Å². The molecule has 1 fully saturated rings.